The molecule has 5 aromatic carbocycles. The molecule has 26 heteroatoms. The molecule has 606 valence electrons. The summed E-state index contributed by atoms with van der Waals surface area (Å²) in [5.41, 5.74) is 18.9. The van der Waals surface area contributed by atoms with Crippen molar-refractivity contribution in [1.82, 2.24) is 104 Å². The van der Waals surface area contributed by atoms with Gasteiger partial charge in [-0.2, -0.15) is 20.4 Å². The standard InChI is InChI=1S/C25H27N5O2.C23H24N6O.C22H29N5O.C21H27N5O/c31-25(32-17-20-5-2-1-3-6-20)29-11-4-7-19(10-12-29)16-30-18-26-23-13-21(8-9-24(23)30)22-14-27-28-15-22;30-23(20-5-1-2-9-24-20)28-10-3-4-17(8-11-28)15-29-16-25-21-12-18(6-7-22(21)29)19-13-26-27-14-19;1-16(2)10-22(28)26-8-3-4-17(7-9-26)14-27-15-23-20-11-18(5-6-21(20)27)19-12-24-25-13-19;1-15(2)21(27)25-8-3-4-16(7-9-25)13-26-14-22-19-10-17(5-6-20(19)26)18-11-23-24-12-18/h1-3,5-6,8-9,13-15,18-19H,4,7,10-12,16-17H2,(H,27,28);1-2,5-7,9,12-14,16-17H,3-4,8,10-11,15H2,(H,26,27);5-6,11-13,15-17H,3-4,7-10,14H2,1-2H3,(H,24,25);5-6,10-12,14-16H,3-4,7-9,13H2,1-2H3,(H,23,24). The van der Waals surface area contributed by atoms with E-state index in [2.05, 4.69) is 176 Å². The molecule has 0 saturated carbocycles. The Bertz CT molecular complexity index is 5500. The molecule has 4 aliphatic heterocycles. The molecule has 13 heterocycles. The quantitative estimate of drug-likeness (QED) is 0.0621. The van der Waals surface area contributed by atoms with Crippen molar-refractivity contribution in [3.05, 3.63) is 214 Å². The number of likely N-dealkylation sites (tertiary alicyclic amines) is 4. The fourth-order valence-electron chi connectivity index (χ4n) is 16.9. The van der Waals surface area contributed by atoms with Crippen LogP contribution in [0.5, 0.6) is 0 Å². The summed E-state index contributed by atoms with van der Waals surface area (Å²) < 4.78 is 14.5. The lowest BCUT2D eigenvalue weighted by molar-refractivity contribution is -0.134. The van der Waals surface area contributed by atoms with Crippen LogP contribution in [0.3, 0.4) is 0 Å². The van der Waals surface area contributed by atoms with Crippen LogP contribution in [0.1, 0.15) is 127 Å². The van der Waals surface area contributed by atoms with Crippen LogP contribution in [-0.2, 0) is 47.1 Å². The normalized spacial score (nSPS) is 17.5. The molecule has 0 bridgehead atoms. The highest BCUT2D eigenvalue weighted by atomic mass is 16.6. The first-order chi connectivity index (χ1) is 57.2. The third kappa shape index (κ3) is 20.5. The molecule has 14 aromatic rings. The molecule has 4 amide bonds. The molecular weight excluding hydrogens is 1470 g/mol. The Hall–Kier alpha value is -12.4. The minimum Gasteiger partial charge on any atom is -0.445 e. The number of imidazole rings is 4. The first-order valence-electron chi connectivity index (χ1n) is 41.7. The van der Waals surface area contributed by atoms with Crippen LogP contribution in [-0.4, -0.2) is 180 Å². The van der Waals surface area contributed by atoms with Crippen molar-refractivity contribution in [2.75, 3.05) is 52.4 Å². The zero-order valence-corrected chi connectivity index (χ0v) is 67.5. The van der Waals surface area contributed by atoms with Gasteiger partial charge in [0.2, 0.25) is 11.8 Å². The molecule has 26 nitrogen and oxygen atoms in total. The predicted octanol–water partition coefficient (Wildman–Crippen LogP) is 16.4. The monoisotopic (exact) mass is 1570 g/mol. The Kier molecular flexibility index (Phi) is 26.2. The van der Waals surface area contributed by atoms with Gasteiger partial charge < -0.3 is 42.6 Å². The maximum absolute atomic E-state index is 12.7. The number of nitrogens with zero attached hydrogens (tertiary/aromatic N) is 17. The lowest BCUT2D eigenvalue weighted by Crippen LogP contribution is -2.35. The van der Waals surface area contributed by atoms with Gasteiger partial charge in [0, 0.05) is 144 Å². The number of ether oxygens (including phenoxy) is 1. The number of carbonyl (C=O) groups is 4. The fraction of sp³-hybridized carbons (Fsp3) is 0.396. The predicted molar refractivity (Wildman–Crippen MR) is 454 cm³/mol. The van der Waals surface area contributed by atoms with Crippen molar-refractivity contribution in [2.45, 2.75) is 144 Å². The Morgan fingerprint density at radius 2 is 0.761 bits per heavy atom. The average molecular weight is 1570 g/mol. The van der Waals surface area contributed by atoms with E-state index in [1.54, 1.807) is 12.3 Å². The number of benzene rings is 5. The van der Waals surface area contributed by atoms with E-state index in [1.165, 1.54) is 11.0 Å². The fourth-order valence-corrected chi connectivity index (χ4v) is 16.9. The molecule has 9 aromatic heterocycles. The minimum atomic E-state index is -0.214. The van der Waals surface area contributed by atoms with E-state index in [-0.39, 0.29) is 23.8 Å². The lowest BCUT2D eigenvalue weighted by Gasteiger charge is -2.22. The molecular formula is C91H107N21O5. The van der Waals surface area contributed by atoms with E-state index in [0.29, 0.717) is 54.2 Å². The second kappa shape index (κ2) is 38.4. The maximum Gasteiger partial charge on any atom is 0.410 e. The Morgan fingerprint density at radius 3 is 1.14 bits per heavy atom. The number of amides is 4. The van der Waals surface area contributed by atoms with Crippen LogP contribution in [0, 0.1) is 35.5 Å². The topological polar surface area (TPSA) is 289 Å². The highest BCUT2D eigenvalue weighted by Gasteiger charge is 2.28. The van der Waals surface area contributed by atoms with E-state index in [4.69, 9.17) is 4.74 Å². The van der Waals surface area contributed by atoms with Crippen molar-refractivity contribution < 1.29 is 23.9 Å². The number of pyridine rings is 1. The third-order valence-corrected chi connectivity index (χ3v) is 23.4. The summed E-state index contributed by atoms with van der Waals surface area (Å²) in [7, 11) is 0. The first-order valence-corrected chi connectivity index (χ1v) is 41.7. The molecule has 4 N–H and O–H groups in total. The molecule has 4 aliphatic rings. The average Bonchev–Trinajstić information content (AvgIpc) is 1.68. The van der Waals surface area contributed by atoms with Gasteiger partial charge in [-0.3, -0.25) is 39.8 Å². The molecule has 0 radical (unpaired) electrons. The van der Waals surface area contributed by atoms with Crippen LogP contribution < -0.4 is 0 Å². The number of carbonyl (C=O) groups excluding carboxylic acids is 4. The van der Waals surface area contributed by atoms with Crippen molar-refractivity contribution in [3.8, 4) is 44.5 Å². The zero-order valence-electron chi connectivity index (χ0n) is 67.5. The summed E-state index contributed by atoms with van der Waals surface area (Å²) in [6, 6.07) is 40.8. The molecule has 4 fully saturated rings. The Balaban J connectivity index is 0.000000122. The van der Waals surface area contributed by atoms with E-state index < -0.39 is 0 Å². The van der Waals surface area contributed by atoms with Gasteiger partial charge in [-0.1, -0.05) is 88.4 Å². The molecule has 4 unspecified atom stereocenters. The highest BCUT2D eigenvalue weighted by Crippen LogP contribution is 2.33. The molecule has 0 spiro atoms. The Morgan fingerprint density at radius 1 is 0.393 bits per heavy atom. The lowest BCUT2D eigenvalue weighted by atomic mass is 10.0. The van der Waals surface area contributed by atoms with Crippen LogP contribution in [0.15, 0.2) is 202 Å². The van der Waals surface area contributed by atoms with Crippen molar-refractivity contribution in [2.24, 2.45) is 35.5 Å². The summed E-state index contributed by atoms with van der Waals surface area (Å²) in [6.07, 6.45) is 37.6. The molecule has 0 aliphatic carbocycles. The summed E-state index contributed by atoms with van der Waals surface area (Å²) >= 11 is 0. The largest absolute Gasteiger partial charge is 0.445 e. The van der Waals surface area contributed by atoms with Crippen molar-refractivity contribution in [3.63, 3.8) is 0 Å². The number of H-pyrrole nitrogens is 4. The molecule has 4 atom stereocenters. The summed E-state index contributed by atoms with van der Waals surface area (Å²) in [5, 5.41) is 27.5. The van der Waals surface area contributed by atoms with Crippen LogP contribution >= 0.6 is 0 Å². The minimum absolute atomic E-state index is 0.0381. The number of aromatic nitrogens is 17. The van der Waals surface area contributed by atoms with Crippen LogP contribution in [0.2, 0.25) is 0 Å². The maximum atomic E-state index is 12.7. The van der Waals surface area contributed by atoms with Gasteiger partial charge in [0.05, 0.1) is 94.2 Å². The molecule has 18 rings (SSSR count). The number of hydrogen-bond donors (Lipinski definition) is 4. The van der Waals surface area contributed by atoms with Gasteiger partial charge in [0.15, 0.2) is 0 Å². The smallest absolute Gasteiger partial charge is 0.410 e. The second-order valence-corrected chi connectivity index (χ2v) is 32.5. The van der Waals surface area contributed by atoms with Gasteiger partial charge in [0.25, 0.3) is 5.91 Å². The second-order valence-electron chi connectivity index (χ2n) is 32.5. The van der Waals surface area contributed by atoms with E-state index in [1.807, 2.05) is 146 Å². The number of nitrogens with one attached hydrogen (secondary N) is 4. The van der Waals surface area contributed by atoms with Crippen molar-refractivity contribution >= 4 is 67.9 Å². The van der Waals surface area contributed by atoms with E-state index in [0.717, 1.165) is 239 Å². The van der Waals surface area contributed by atoms with E-state index >= 15 is 0 Å². The summed E-state index contributed by atoms with van der Waals surface area (Å²) in [6.45, 7) is 18.9. The zero-order chi connectivity index (χ0) is 80.4. The number of aromatic amines is 4. The number of fused-ring (bicyclic) bond motifs is 4. The van der Waals surface area contributed by atoms with Crippen LogP contribution in [0.25, 0.3) is 88.6 Å². The molecule has 117 heavy (non-hydrogen) atoms. The Labute approximate surface area is 681 Å². The van der Waals surface area contributed by atoms with Gasteiger partial charge in [-0.25, -0.2) is 24.7 Å². The van der Waals surface area contributed by atoms with Gasteiger partial charge in [-0.05, 0) is 195 Å². The van der Waals surface area contributed by atoms with E-state index in [9.17, 15) is 19.2 Å². The van der Waals surface area contributed by atoms with Crippen LogP contribution in [0.4, 0.5) is 4.79 Å². The number of hydrogen-bond acceptors (Lipinski definition) is 14. The highest BCUT2D eigenvalue weighted by molar-refractivity contribution is 5.92. The van der Waals surface area contributed by atoms with Crippen molar-refractivity contribution in [1.29, 1.82) is 0 Å². The number of rotatable bonds is 18. The summed E-state index contributed by atoms with van der Waals surface area (Å²) in [4.78, 5) is 80.5. The third-order valence-electron chi connectivity index (χ3n) is 23.4. The van der Waals surface area contributed by atoms with Gasteiger partial charge in [0.1, 0.15) is 12.3 Å². The molecule has 4 saturated heterocycles. The first kappa shape index (κ1) is 79.9. The summed E-state index contributed by atoms with van der Waals surface area (Å²) in [5.74, 6) is 3.36. The SMILES string of the molecule is CC(C)C(=O)N1CCCC(Cn2cnc3cc(-c4cn[nH]c4)ccc32)CC1.CC(C)CC(=O)N1CCCC(Cn2cnc3cc(-c4cn[nH]c4)ccc32)CC1.O=C(OCc1ccccc1)N1CCCC(Cn2cnc3cc(-c4cn[nH]c4)ccc32)CC1.O=C(c1ccccn1)N1CCCC(Cn2cnc3cc(-c4cn[nH]c4)ccc32)CC1. The van der Waals surface area contributed by atoms with Gasteiger partial charge in [-0.15, -0.1) is 0 Å². The van der Waals surface area contributed by atoms with Gasteiger partial charge >= 0.3 is 6.09 Å².